The molecule has 2 heterocycles. The molecule has 2 fully saturated rings. The van der Waals surface area contributed by atoms with E-state index in [-0.39, 0.29) is 29.6 Å². The molecule has 21 heavy (non-hydrogen) atoms. The molecule has 2 rings (SSSR count). The first kappa shape index (κ1) is 16.9. The van der Waals surface area contributed by atoms with Gasteiger partial charge in [0.25, 0.3) is 23.6 Å². The van der Waals surface area contributed by atoms with Crippen LogP contribution in [0.25, 0.3) is 0 Å². The second-order valence-electron chi connectivity index (χ2n) is 3.65. The van der Waals surface area contributed by atoms with Crippen LogP contribution in [0, 0.1) is 0 Å². The van der Waals surface area contributed by atoms with Crippen molar-refractivity contribution in [1.29, 1.82) is 0 Å². The van der Waals surface area contributed by atoms with E-state index in [9.17, 15) is 28.8 Å². The number of imide groups is 4. The molecule has 0 aliphatic carbocycles. The number of hydrogen-bond acceptors (Lipinski definition) is 8. The van der Waals surface area contributed by atoms with Gasteiger partial charge >= 0.3 is 41.6 Å². The molecule has 2 aliphatic heterocycles. The fourth-order valence-corrected chi connectivity index (χ4v) is 1.36. The minimum absolute atomic E-state index is 0. The Kier molecular flexibility index (Phi) is 5.23. The maximum absolute atomic E-state index is 11.3. The molecule has 0 aromatic heterocycles. The number of hydrogen-bond donors (Lipinski definition) is 4. The van der Waals surface area contributed by atoms with Gasteiger partial charge in [-0.3, -0.25) is 40.4 Å². The second kappa shape index (κ2) is 6.51. The quantitative estimate of drug-likeness (QED) is 0.231. The Morgan fingerprint density at radius 2 is 0.810 bits per heavy atom. The van der Waals surface area contributed by atoms with Crippen LogP contribution in [0.2, 0.25) is 0 Å². The van der Waals surface area contributed by atoms with Gasteiger partial charge in [0.1, 0.15) is 0 Å². The molecule has 13 heteroatoms. The van der Waals surface area contributed by atoms with Gasteiger partial charge in [-0.2, -0.15) is 10.2 Å². The number of carbonyl (C=O) groups is 6. The van der Waals surface area contributed by atoms with E-state index in [1.54, 1.807) is 21.3 Å². The Labute approximate surface area is 137 Å². The summed E-state index contributed by atoms with van der Waals surface area (Å²) in [5, 5.41) is 13.5. The number of nitrogens with zero attached hydrogens (tertiary/aromatic N) is 2. The molecule has 2 aliphatic rings. The summed E-state index contributed by atoms with van der Waals surface area (Å²) in [4.78, 5) is 66.8. The van der Waals surface area contributed by atoms with Crippen molar-refractivity contribution < 1.29 is 28.8 Å². The summed E-state index contributed by atoms with van der Waals surface area (Å²) in [6.07, 6.45) is 0. The first-order valence-electron chi connectivity index (χ1n) is 5.10. The third-order valence-corrected chi connectivity index (χ3v) is 2.24. The van der Waals surface area contributed by atoms with Crippen molar-refractivity contribution in [3.8, 4) is 0 Å². The number of nitrogens with one attached hydrogen (secondary N) is 4. The first-order chi connectivity index (χ1) is 9.38. The summed E-state index contributed by atoms with van der Waals surface area (Å²) in [7, 11) is 0. The topological polar surface area (TPSA) is 175 Å². The predicted molar refractivity (Wildman–Crippen MR) is 62.9 cm³/mol. The molecule has 0 unspecified atom stereocenters. The SMILES string of the molecule is O=C1NC(=O)C(N=NC2C(=O)NC(=O)NC2=O)C(=O)N1.[NaH]. The predicted octanol–water partition coefficient (Wildman–Crippen LogP) is -3.74. The van der Waals surface area contributed by atoms with Crippen LogP contribution in [0.4, 0.5) is 9.59 Å². The molecule has 0 aromatic rings. The summed E-state index contributed by atoms with van der Waals surface area (Å²) in [5.74, 6) is -4.18. The molecule has 12 nitrogen and oxygen atoms in total. The fraction of sp³-hybridized carbons (Fsp3) is 0.250. The summed E-state index contributed by atoms with van der Waals surface area (Å²) in [5.41, 5.74) is 0. The van der Waals surface area contributed by atoms with Crippen LogP contribution in [0.15, 0.2) is 10.2 Å². The van der Waals surface area contributed by atoms with Crippen molar-refractivity contribution in [2.24, 2.45) is 10.2 Å². The Hall–Kier alpha value is -2.18. The summed E-state index contributed by atoms with van der Waals surface area (Å²) >= 11 is 0. The molecule has 0 aromatic carbocycles. The summed E-state index contributed by atoms with van der Waals surface area (Å²) in [6.45, 7) is 0. The van der Waals surface area contributed by atoms with Gasteiger partial charge < -0.3 is 0 Å². The van der Waals surface area contributed by atoms with Crippen molar-refractivity contribution in [1.82, 2.24) is 21.3 Å². The molecule has 2 saturated heterocycles. The van der Waals surface area contributed by atoms with E-state index in [1.807, 2.05) is 0 Å². The van der Waals surface area contributed by atoms with Gasteiger partial charge in [0.2, 0.25) is 12.1 Å². The van der Waals surface area contributed by atoms with Crippen LogP contribution >= 0.6 is 0 Å². The molecule has 0 atom stereocenters. The standard InChI is InChI=1S/C8H6N6O6.Na.H/c15-3-1(4(16)10-7(19)9-3)13-14-2-5(17)11-8(20)12-6(2)18;;/h1-2H,(H2,9,10,15,16,19)(H2,11,12,17,18,20);;. The van der Waals surface area contributed by atoms with Crippen LogP contribution < -0.4 is 21.3 Å². The normalized spacial score (nSPS) is 20.6. The summed E-state index contributed by atoms with van der Waals surface area (Å²) in [6, 6.07) is -5.42. The number of barbiturate groups is 2. The monoisotopic (exact) mass is 306 g/mol. The molecule has 0 spiro atoms. The zero-order chi connectivity index (χ0) is 14.9. The van der Waals surface area contributed by atoms with Crippen LogP contribution in [0.5, 0.6) is 0 Å². The zero-order valence-electron chi connectivity index (χ0n) is 9.50. The Morgan fingerprint density at radius 1 is 0.571 bits per heavy atom. The Bertz CT molecular complexity index is 498. The van der Waals surface area contributed by atoms with Gasteiger partial charge in [0.05, 0.1) is 0 Å². The van der Waals surface area contributed by atoms with E-state index >= 15 is 0 Å². The molecular weight excluding hydrogens is 299 g/mol. The molecule has 8 amide bonds. The van der Waals surface area contributed by atoms with Gasteiger partial charge in [-0.1, -0.05) is 0 Å². The average Bonchev–Trinajstić information content (AvgIpc) is 2.30. The zero-order valence-corrected chi connectivity index (χ0v) is 9.50. The van der Waals surface area contributed by atoms with Crippen molar-refractivity contribution in [3.05, 3.63) is 0 Å². The second-order valence-corrected chi connectivity index (χ2v) is 3.65. The molecule has 4 N–H and O–H groups in total. The van der Waals surface area contributed by atoms with E-state index in [0.29, 0.717) is 0 Å². The molecule has 0 bridgehead atoms. The van der Waals surface area contributed by atoms with Crippen molar-refractivity contribution in [2.45, 2.75) is 12.1 Å². The number of azo groups is 1. The van der Waals surface area contributed by atoms with Crippen molar-refractivity contribution in [2.75, 3.05) is 0 Å². The fourth-order valence-electron chi connectivity index (χ4n) is 1.36. The number of urea groups is 2. The number of rotatable bonds is 2. The van der Waals surface area contributed by atoms with Gasteiger partial charge in [-0.25, -0.2) is 9.59 Å². The van der Waals surface area contributed by atoms with E-state index in [2.05, 4.69) is 10.2 Å². The molecule has 0 saturated carbocycles. The van der Waals surface area contributed by atoms with Gasteiger partial charge in [-0.15, -0.1) is 0 Å². The third kappa shape index (κ3) is 3.68. The van der Waals surface area contributed by atoms with E-state index in [0.717, 1.165) is 0 Å². The average molecular weight is 306 g/mol. The van der Waals surface area contributed by atoms with Crippen LogP contribution in [0.3, 0.4) is 0 Å². The van der Waals surface area contributed by atoms with Crippen molar-refractivity contribution in [3.63, 3.8) is 0 Å². The van der Waals surface area contributed by atoms with E-state index in [4.69, 9.17) is 0 Å². The minimum atomic E-state index is -1.70. The van der Waals surface area contributed by atoms with E-state index in [1.165, 1.54) is 0 Å². The molecular formula is C8H7N6NaO6. The molecule has 0 radical (unpaired) electrons. The third-order valence-electron chi connectivity index (χ3n) is 2.24. The van der Waals surface area contributed by atoms with Crippen LogP contribution in [-0.4, -0.2) is 77.3 Å². The van der Waals surface area contributed by atoms with Gasteiger partial charge in [0, 0.05) is 0 Å². The maximum atomic E-state index is 11.3. The Morgan fingerprint density at radius 3 is 1.05 bits per heavy atom. The van der Waals surface area contributed by atoms with Crippen LogP contribution in [0.1, 0.15) is 0 Å². The number of carbonyl (C=O) groups excluding carboxylic acids is 6. The Balaban J connectivity index is 0.00000220. The first-order valence-corrected chi connectivity index (χ1v) is 5.10. The van der Waals surface area contributed by atoms with Crippen molar-refractivity contribution >= 4 is 65.2 Å². The van der Waals surface area contributed by atoms with Gasteiger partial charge in [-0.05, 0) is 0 Å². The molecule has 106 valence electrons. The number of amides is 8. The van der Waals surface area contributed by atoms with E-state index < -0.39 is 47.8 Å². The summed E-state index contributed by atoms with van der Waals surface area (Å²) < 4.78 is 0. The van der Waals surface area contributed by atoms with Crippen LogP contribution in [-0.2, 0) is 19.2 Å². The van der Waals surface area contributed by atoms with Gasteiger partial charge in [0.15, 0.2) is 0 Å².